The van der Waals surface area contributed by atoms with E-state index in [0.29, 0.717) is 16.4 Å². The minimum Gasteiger partial charge on any atom is -0.351 e. The van der Waals surface area contributed by atoms with Crippen molar-refractivity contribution in [2.75, 3.05) is 36.8 Å². The highest BCUT2D eigenvalue weighted by atomic mass is 32.1. The fourth-order valence-corrected chi connectivity index (χ4v) is 4.22. The van der Waals surface area contributed by atoms with Crippen molar-refractivity contribution in [1.82, 2.24) is 10.2 Å². The van der Waals surface area contributed by atoms with E-state index in [1.165, 1.54) is 37.3 Å². The molecule has 0 aliphatic carbocycles. The first-order valence-electron chi connectivity index (χ1n) is 9.83. The minimum absolute atomic E-state index is 0.0893. The highest BCUT2D eigenvalue weighted by Crippen LogP contribution is 2.22. The van der Waals surface area contributed by atoms with Crippen molar-refractivity contribution in [3.05, 3.63) is 47.3 Å². The van der Waals surface area contributed by atoms with Gasteiger partial charge in [-0.25, -0.2) is 4.79 Å². The molecule has 0 radical (unpaired) electrons. The molecule has 1 aromatic heterocycles. The molecule has 3 N–H and O–H groups in total. The molecule has 1 atom stereocenters. The smallest absolute Gasteiger partial charge is 0.324 e. The molecule has 6 nitrogen and oxygen atoms in total. The Morgan fingerprint density at radius 3 is 2.75 bits per heavy atom. The normalized spacial score (nSPS) is 17.1. The number of thiophene rings is 1. The van der Waals surface area contributed by atoms with Crippen LogP contribution in [0, 0.1) is 5.92 Å². The molecule has 28 heavy (non-hydrogen) atoms. The number of urea groups is 1. The molecule has 2 aromatic rings. The number of nitrogens with zero attached hydrogens (tertiary/aromatic N) is 1. The number of nitrogens with one attached hydrogen (secondary N) is 3. The quantitative estimate of drug-likeness (QED) is 0.609. The average Bonchev–Trinajstić information content (AvgIpc) is 3.14. The maximum absolute atomic E-state index is 12.3. The van der Waals surface area contributed by atoms with Crippen LogP contribution in [0.4, 0.5) is 15.5 Å². The van der Waals surface area contributed by atoms with E-state index in [0.717, 1.165) is 24.6 Å². The third-order valence-electron chi connectivity index (χ3n) is 4.78. The SMILES string of the molecule is CC1CCCN(CCCNC(=O)c2ccc(NC(=O)Nc3ccccc3)s2)C1. The lowest BCUT2D eigenvalue weighted by molar-refractivity contribution is 0.0954. The summed E-state index contributed by atoms with van der Waals surface area (Å²) in [6, 6.07) is 12.4. The van der Waals surface area contributed by atoms with Gasteiger partial charge < -0.3 is 15.5 Å². The molecule has 0 spiro atoms. The van der Waals surface area contributed by atoms with Crippen molar-refractivity contribution in [1.29, 1.82) is 0 Å². The van der Waals surface area contributed by atoms with Gasteiger partial charge in [-0.05, 0) is 62.5 Å². The predicted octanol–water partition coefficient (Wildman–Crippen LogP) is 4.24. The fraction of sp³-hybridized carbons (Fsp3) is 0.429. The molecular weight excluding hydrogens is 372 g/mol. The van der Waals surface area contributed by atoms with E-state index < -0.39 is 0 Å². The number of piperidine rings is 1. The van der Waals surface area contributed by atoms with Crippen molar-refractivity contribution in [2.24, 2.45) is 5.92 Å². The number of rotatable bonds is 7. The molecule has 1 aromatic carbocycles. The molecule has 1 fully saturated rings. The van der Waals surface area contributed by atoms with E-state index in [2.05, 4.69) is 27.8 Å². The van der Waals surface area contributed by atoms with Crippen LogP contribution in [0.1, 0.15) is 35.9 Å². The molecule has 7 heteroatoms. The monoisotopic (exact) mass is 400 g/mol. The first-order chi connectivity index (χ1) is 13.6. The number of hydrogen-bond acceptors (Lipinski definition) is 4. The van der Waals surface area contributed by atoms with Gasteiger partial charge in [-0.1, -0.05) is 25.1 Å². The lowest BCUT2D eigenvalue weighted by Gasteiger charge is -2.30. The predicted molar refractivity (Wildman–Crippen MR) is 115 cm³/mol. The summed E-state index contributed by atoms with van der Waals surface area (Å²) in [6.45, 7) is 6.33. The summed E-state index contributed by atoms with van der Waals surface area (Å²) in [5.74, 6) is 0.688. The number of carbonyl (C=O) groups excluding carboxylic acids is 2. The number of benzene rings is 1. The van der Waals surface area contributed by atoms with Crippen LogP contribution >= 0.6 is 11.3 Å². The first kappa shape index (κ1) is 20.4. The van der Waals surface area contributed by atoms with Crippen LogP contribution in [-0.4, -0.2) is 43.0 Å². The Balaban J connectivity index is 1.38. The Kier molecular flexibility index (Phi) is 7.45. The molecule has 150 valence electrons. The third-order valence-corrected chi connectivity index (χ3v) is 5.78. The second kappa shape index (κ2) is 10.2. The molecule has 3 rings (SSSR count). The number of amides is 3. The summed E-state index contributed by atoms with van der Waals surface area (Å²) in [5.41, 5.74) is 0.720. The van der Waals surface area contributed by atoms with Gasteiger partial charge in [-0.15, -0.1) is 11.3 Å². The van der Waals surface area contributed by atoms with Gasteiger partial charge >= 0.3 is 6.03 Å². The zero-order valence-corrected chi connectivity index (χ0v) is 17.1. The Morgan fingerprint density at radius 2 is 1.96 bits per heavy atom. The molecule has 1 saturated heterocycles. The van der Waals surface area contributed by atoms with E-state index >= 15 is 0 Å². The van der Waals surface area contributed by atoms with Gasteiger partial charge in [0.05, 0.1) is 9.88 Å². The van der Waals surface area contributed by atoms with Crippen molar-refractivity contribution < 1.29 is 9.59 Å². The standard InChI is InChI=1S/C21H28N4O2S/c1-16-7-5-13-25(15-16)14-6-12-22-20(26)18-10-11-19(28-18)24-21(27)23-17-8-3-2-4-9-17/h2-4,8-11,16H,5-7,12-15H2,1H3,(H,22,26)(H2,23,24,27). The van der Waals surface area contributed by atoms with E-state index in [-0.39, 0.29) is 11.9 Å². The zero-order valence-electron chi connectivity index (χ0n) is 16.2. The van der Waals surface area contributed by atoms with Gasteiger partial charge in [-0.3, -0.25) is 10.1 Å². The van der Waals surface area contributed by atoms with Gasteiger partial charge in [-0.2, -0.15) is 0 Å². The number of hydrogen-bond donors (Lipinski definition) is 3. The summed E-state index contributed by atoms with van der Waals surface area (Å²) in [6.07, 6.45) is 3.55. The van der Waals surface area contributed by atoms with Gasteiger partial charge in [0, 0.05) is 18.8 Å². The maximum atomic E-state index is 12.3. The molecule has 1 unspecified atom stereocenters. The lowest BCUT2D eigenvalue weighted by Crippen LogP contribution is -2.36. The molecule has 1 aliphatic heterocycles. The topological polar surface area (TPSA) is 73.5 Å². The minimum atomic E-state index is -0.323. The Morgan fingerprint density at radius 1 is 1.14 bits per heavy atom. The lowest BCUT2D eigenvalue weighted by atomic mass is 10.0. The molecule has 2 heterocycles. The van der Waals surface area contributed by atoms with Gasteiger partial charge in [0.2, 0.25) is 0 Å². The van der Waals surface area contributed by atoms with Crippen LogP contribution in [-0.2, 0) is 0 Å². The van der Waals surface area contributed by atoms with Crippen LogP contribution < -0.4 is 16.0 Å². The molecule has 1 aliphatic rings. The third kappa shape index (κ3) is 6.35. The van der Waals surface area contributed by atoms with E-state index in [1.54, 1.807) is 12.1 Å². The average molecular weight is 401 g/mol. The summed E-state index contributed by atoms with van der Waals surface area (Å²) >= 11 is 1.27. The fourth-order valence-electron chi connectivity index (χ4n) is 3.40. The van der Waals surface area contributed by atoms with E-state index in [9.17, 15) is 9.59 Å². The van der Waals surface area contributed by atoms with E-state index in [4.69, 9.17) is 0 Å². The Labute approximate surface area is 170 Å². The largest absolute Gasteiger partial charge is 0.351 e. The summed E-state index contributed by atoms with van der Waals surface area (Å²) in [5, 5.41) is 9.13. The first-order valence-corrected chi connectivity index (χ1v) is 10.7. The number of carbonyl (C=O) groups is 2. The summed E-state index contributed by atoms with van der Waals surface area (Å²) in [4.78, 5) is 27.4. The van der Waals surface area contributed by atoms with Crippen molar-refractivity contribution in [3.63, 3.8) is 0 Å². The van der Waals surface area contributed by atoms with Gasteiger partial charge in [0.25, 0.3) is 5.91 Å². The van der Waals surface area contributed by atoms with Crippen LogP contribution in [0.2, 0.25) is 0 Å². The molecular formula is C21H28N4O2S. The number of likely N-dealkylation sites (tertiary alicyclic amines) is 1. The van der Waals surface area contributed by atoms with Gasteiger partial charge in [0.15, 0.2) is 0 Å². The van der Waals surface area contributed by atoms with Crippen molar-refractivity contribution in [3.8, 4) is 0 Å². The second-order valence-corrected chi connectivity index (χ2v) is 8.35. The molecule has 3 amide bonds. The van der Waals surface area contributed by atoms with Crippen molar-refractivity contribution >= 4 is 34.0 Å². The highest BCUT2D eigenvalue weighted by Gasteiger charge is 2.16. The second-order valence-electron chi connectivity index (χ2n) is 7.27. The zero-order chi connectivity index (χ0) is 19.8. The van der Waals surface area contributed by atoms with E-state index in [1.807, 2.05) is 30.3 Å². The Hall–Kier alpha value is -2.38. The van der Waals surface area contributed by atoms with Gasteiger partial charge in [0.1, 0.15) is 0 Å². The summed E-state index contributed by atoms with van der Waals surface area (Å²) < 4.78 is 0. The maximum Gasteiger partial charge on any atom is 0.324 e. The molecule has 0 saturated carbocycles. The van der Waals surface area contributed by atoms with Crippen LogP contribution in [0.5, 0.6) is 0 Å². The highest BCUT2D eigenvalue weighted by molar-refractivity contribution is 7.18. The van der Waals surface area contributed by atoms with Crippen molar-refractivity contribution in [2.45, 2.75) is 26.2 Å². The molecule has 0 bridgehead atoms. The summed E-state index contributed by atoms with van der Waals surface area (Å²) in [7, 11) is 0. The Bertz CT molecular complexity index is 778. The van der Waals surface area contributed by atoms with Crippen LogP contribution in [0.3, 0.4) is 0 Å². The van der Waals surface area contributed by atoms with Crippen LogP contribution in [0.15, 0.2) is 42.5 Å². The number of para-hydroxylation sites is 1. The number of anilines is 2. The van der Waals surface area contributed by atoms with Crippen LogP contribution in [0.25, 0.3) is 0 Å².